The zero-order valence-electron chi connectivity index (χ0n) is 8.99. The SMILES string of the molecule is Fc1cc(S)ccc1COCC1CCCO1. The Bertz CT molecular complexity index is 351. The van der Waals surface area contributed by atoms with E-state index in [4.69, 9.17) is 9.47 Å². The molecule has 1 unspecified atom stereocenters. The summed E-state index contributed by atoms with van der Waals surface area (Å²) in [5.74, 6) is -0.264. The van der Waals surface area contributed by atoms with Crippen LogP contribution >= 0.6 is 12.6 Å². The predicted molar refractivity (Wildman–Crippen MR) is 62.3 cm³/mol. The highest BCUT2D eigenvalue weighted by molar-refractivity contribution is 7.80. The van der Waals surface area contributed by atoms with Gasteiger partial charge in [-0.1, -0.05) is 6.07 Å². The normalized spacial score (nSPS) is 20.2. The number of ether oxygens (including phenoxy) is 2. The fourth-order valence-electron chi connectivity index (χ4n) is 1.73. The van der Waals surface area contributed by atoms with Crippen LogP contribution in [0.2, 0.25) is 0 Å². The van der Waals surface area contributed by atoms with Gasteiger partial charge in [0, 0.05) is 17.1 Å². The monoisotopic (exact) mass is 242 g/mol. The second kappa shape index (κ2) is 5.66. The molecule has 1 fully saturated rings. The molecule has 0 N–H and O–H groups in total. The summed E-state index contributed by atoms with van der Waals surface area (Å²) in [5.41, 5.74) is 0.566. The quantitative estimate of drug-likeness (QED) is 0.818. The second-order valence-corrected chi connectivity index (χ2v) is 4.44. The van der Waals surface area contributed by atoms with Gasteiger partial charge in [-0.05, 0) is 25.0 Å². The van der Waals surface area contributed by atoms with Crippen LogP contribution in [0.5, 0.6) is 0 Å². The third-order valence-corrected chi connectivity index (χ3v) is 2.90. The summed E-state index contributed by atoms with van der Waals surface area (Å²) in [6.07, 6.45) is 2.32. The topological polar surface area (TPSA) is 18.5 Å². The summed E-state index contributed by atoms with van der Waals surface area (Å²) < 4.78 is 24.2. The molecule has 2 nitrogen and oxygen atoms in total. The molecule has 0 saturated carbocycles. The van der Waals surface area contributed by atoms with Crippen molar-refractivity contribution in [1.29, 1.82) is 0 Å². The van der Waals surface area contributed by atoms with Crippen molar-refractivity contribution in [2.24, 2.45) is 0 Å². The van der Waals surface area contributed by atoms with Crippen LogP contribution in [0.3, 0.4) is 0 Å². The van der Waals surface area contributed by atoms with Crippen molar-refractivity contribution in [3.05, 3.63) is 29.6 Å². The van der Waals surface area contributed by atoms with E-state index in [1.807, 2.05) is 0 Å². The standard InChI is InChI=1S/C12H15FO2S/c13-12-6-11(16)4-3-9(12)7-14-8-10-2-1-5-15-10/h3-4,6,10,16H,1-2,5,7-8H2. The van der Waals surface area contributed by atoms with Crippen LogP contribution in [-0.4, -0.2) is 19.3 Å². The smallest absolute Gasteiger partial charge is 0.129 e. The van der Waals surface area contributed by atoms with Gasteiger partial charge in [-0.2, -0.15) is 0 Å². The van der Waals surface area contributed by atoms with Gasteiger partial charge < -0.3 is 9.47 Å². The van der Waals surface area contributed by atoms with Gasteiger partial charge in [0.1, 0.15) is 5.82 Å². The molecule has 0 radical (unpaired) electrons. The van der Waals surface area contributed by atoms with E-state index in [9.17, 15) is 4.39 Å². The van der Waals surface area contributed by atoms with Crippen LogP contribution < -0.4 is 0 Å². The largest absolute Gasteiger partial charge is 0.376 e. The fraction of sp³-hybridized carbons (Fsp3) is 0.500. The molecule has 1 heterocycles. The molecule has 0 aromatic heterocycles. The minimum absolute atomic E-state index is 0.187. The maximum absolute atomic E-state index is 13.4. The lowest BCUT2D eigenvalue weighted by atomic mass is 10.2. The summed E-state index contributed by atoms with van der Waals surface area (Å²) >= 11 is 4.06. The van der Waals surface area contributed by atoms with Gasteiger partial charge >= 0.3 is 0 Å². The number of rotatable bonds is 4. The Labute approximate surface area is 100 Å². The van der Waals surface area contributed by atoms with E-state index in [0.717, 1.165) is 19.4 Å². The Balaban J connectivity index is 1.80. The molecule has 0 amide bonds. The van der Waals surface area contributed by atoms with E-state index >= 15 is 0 Å². The summed E-state index contributed by atoms with van der Waals surface area (Å²) in [6, 6.07) is 4.86. The molecule has 1 aromatic carbocycles. The number of hydrogen-bond acceptors (Lipinski definition) is 3. The maximum Gasteiger partial charge on any atom is 0.129 e. The predicted octanol–water partition coefficient (Wildman–Crippen LogP) is 2.81. The molecule has 4 heteroatoms. The molecule has 0 spiro atoms. The highest BCUT2D eigenvalue weighted by atomic mass is 32.1. The van der Waals surface area contributed by atoms with Crippen molar-refractivity contribution in [3.63, 3.8) is 0 Å². The lowest BCUT2D eigenvalue weighted by Gasteiger charge is -2.10. The average Bonchev–Trinajstić information content (AvgIpc) is 2.74. The first-order chi connectivity index (χ1) is 7.75. The van der Waals surface area contributed by atoms with E-state index in [0.29, 0.717) is 23.7 Å². The van der Waals surface area contributed by atoms with Gasteiger partial charge in [0.2, 0.25) is 0 Å². The Hall–Kier alpha value is -0.580. The molecule has 16 heavy (non-hydrogen) atoms. The van der Waals surface area contributed by atoms with Crippen molar-refractivity contribution in [2.45, 2.75) is 30.4 Å². The van der Waals surface area contributed by atoms with Crippen molar-refractivity contribution < 1.29 is 13.9 Å². The molecular formula is C12H15FO2S. The zero-order chi connectivity index (χ0) is 11.4. The molecule has 1 aliphatic heterocycles. The molecule has 1 aliphatic rings. The third kappa shape index (κ3) is 3.20. The molecule has 0 bridgehead atoms. The van der Waals surface area contributed by atoms with Gasteiger partial charge in [-0.25, -0.2) is 4.39 Å². The first kappa shape index (κ1) is 11.9. The van der Waals surface area contributed by atoms with Crippen LogP contribution in [0.4, 0.5) is 4.39 Å². The molecule has 1 atom stereocenters. The highest BCUT2D eigenvalue weighted by Gasteiger charge is 2.15. The Kier molecular flexibility index (Phi) is 4.21. The van der Waals surface area contributed by atoms with Gasteiger partial charge in [-0.15, -0.1) is 12.6 Å². The van der Waals surface area contributed by atoms with E-state index in [2.05, 4.69) is 12.6 Å². The Morgan fingerprint density at radius 3 is 3.06 bits per heavy atom. The van der Waals surface area contributed by atoms with E-state index in [-0.39, 0.29) is 11.9 Å². The molecular weight excluding hydrogens is 227 g/mol. The van der Waals surface area contributed by atoms with Crippen LogP contribution in [-0.2, 0) is 16.1 Å². The molecule has 0 aliphatic carbocycles. The Morgan fingerprint density at radius 2 is 2.38 bits per heavy atom. The molecule has 1 aromatic rings. The van der Waals surface area contributed by atoms with Gasteiger partial charge in [-0.3, -0.25) is 0 Å². The van der Waals surface area contributed by atoms with Crippen LogP contribution in [0, 0.1) is 5.82 Å². The van der Waals surface area contributed by atoms with E-state index < -0.39 is 0 Å². The number of halogens is 1. The van der Waals surface area contributed by atoms with E-state index in [1.54, 1.807) is 12.1 Å². The fourth-order valence-corrected chi connectivity index (χ4v) is 1.92. The average molecular weight is 242 g/mol. The summed E-state index contributed by atoms with van der Waals surface area (Å²) in [5, 5.41) is 0. The van der Waals surface area contributed by atoms with Crippen LogP contribution in [0.15, 0.2) is 23.1 Å². The first-order valence-corrected chi connectivity index (χ1v) is 5.87. The lowest BCUT2D eigenvalue weighted by molar-refractivity contribution is 0.00981. The van der Waals surface area contributed by atoms with Crippen LogP contribution in [0.1, 0.15) is 18.4 Å². The summed E-state index contributed by atoms with van der Waals surface area (Å²) in [4.78, 5) is 0.625. The lowest BCUT2D eigenvalue weighted by Crippen LogP contribution is -2.14. The zero-order valence-corrected chi connectivity index (χ0v) is 9.88. The minimum atomic E-state index is -0.264. The Morgan fingerprint density at radius 1 is 1.50 bits per heavy atom. The van der Waals surface area contributed by atoms with Crippen molar-refractivity contribution in [1.82, 2.24) is 0 Å². The molecule has 88 valence electrons. The molecule has 1 saturated heterocycles. The number of thiol groups is 1. The summed E-state index contributed by atoms with van der Waals surface area (Å²) in [6.45, 7) is 1.65. The first-order valence-electron chi connectivity index (χ1n) is 5.42. The molecule has 2 rings (SSSR count). The number of hydrogen-bond donors (Lipinski definition) is 1. The van der Waals surface area contributed by atoms with Crippen molar-refractivity contribution in [2.75, 3.05) is 13.2 Å². The van der Waals surface area contributed by atoms with Crippen LogP contribution in [0.25, 0.3) is 0 Å². The van der Waals surface area contributed by atoms with E-state index in [1.165, 1.54) is 6.07 Å². The second-order valence-electron chi connectivity index (χ2n) is 3.93. The van der Waals surface area contributed by atoms with Gasteiger partial charge in [0.25, 0.3) is 0 Å². The summed E-state index contributed by atoms with van der Waals surface area (Å²) in [7, 11) is 0. The number of benzene rings is 1. The van der Waals surface area contributed by atoms with Gasteiger partial charge in [0.05, 0.1) is 19.3 Å². The van der Waals surface area contributed by atoms with Crippen molar-refractivity contribution >= 4 is 12.6 Å². The van der Waals surface area contributed by atoms with Crippen molar-refractivity contribution in [3.8, 4) is 0 Å². The highest BCUT2D eigenvalue weighted by Crippen LogP contribution is 2.16. The van der Waals surface area contributed by atoms with Gasteiger partial charge in [0.15, 0.2) is 0 Å². The maximum atomic E-state index is 13.4. The minimum Gasteiger partial charge on any atom is -0.376 e. The third-order valence-electron chi connectivity index (χ3n) is 2.62.